The second-order valence-electron chi connectivity index (χ2n) is 4.66. The summed E-state index contributed by atoms with van der Waals surface area (Å²) in [6, 6.07) is 12.6. The first kappa shape index (κ1) is 17.7. The van der Waals surface area contributed by atoms with Gasteiger partial charge in [0.05, 0.1) is 4.90 Å². The lowest BCUT2D eigenvalue weighted by molar-refractivity contribution is -0.116. The van der Waals surface area contributed by atoms with E-state index in [2.05, 4.69) is 10.0 Å². The molecule has 0 bridgehead atoms. The summed E-state index contributed by atoms with van der Waals surface area (Å²) in [4.78, 5) is 11.8. The molecular formula is C15H14Cl2N2O3S. The third-order valence-electron chi connectivity index (χ3n) is 2.86. The van der Waals surface area contributed by atoms with Crippen LogP contribution in [0.3, 0.4) is 0 Å². The standard InChI is InChI=1S/C15H14Cl2N2O3S/c16-11-3-1-5-13(9-11)19-15(20)7-8-18-23(21,22)14-6-2-4-12(17)10-14/h1-6,9-10,18H,7-8H2,(H,19,20). The molecule has 0 aliphatic carbocycles. The number of rotatable bonds is 6. The van der Waals surface area contributed by atoms with Crippen LogP contribution in [-0.2, 0) is 14.8 Å². The Balaban J connectivity index is 1.88. The summed E-state index contributed by atoms with van der Waals surface area (Å²) in [6.07, 6.45) is -0.00763. The third-order valence-corrected chi connectivity index (χ3v) is 4.79. The molecule has 1 amide bonds. The minimum absolute atomic E-state index is 0.00763. The smallest absolute Gasteiger partial charge is 0.240 e. The Kier molecular flexibility index (Phi) is 6.01. The Hall–Kier alpha value is -1.60. The quantitative estimate of drug-likeness (QED) is 0.816. The maximum Gasteiger partial charge on any atom is 0.240 e. The van der Waals surface area contributed by atoms with E-state index >= 15 is 0 Å². The molecule has 122 valence electrons. The first-order valence-corrected chi connectivity index (χ1v) is 8.91. The SMILES string of the molecule is O=C(CCNS(=O)(=O)c1cccc(Cl)c1)Nc1cccc(Cl)c1. The van der Waals surface area contributed by atoms with Crippen LogP contribution in [0.25, 0.3) is 0 Å². The predicted octanol–water partition coefficient (Wildman–Crippen LogP) is 3.30. The number of halogens is 2. The summed E-state index contributed by atoms with van der Waals surface area (Å²) < 4.78 is 26.5. The fourth-order valence-corrected chi connectivity index (χ4v) is 3.33. The van der Waals surface area contributed by atoms with Crippen LogP contribution in [0.2, 0.25) is 10.0 Å². The van der Waals surface area contributed by atoms with E-state index in [0.29, 0.717) is 15.7 Å². The number of anilines is 1. The zero-order valence-corrected chi connectivity index (χ0v) is 14.3. The van der Waals surface area contributed by atoms with Gasteiger partial charge in [0.2, 0.25) is 15.9 Å². The topological polar surface area (TPSA) is 75.3 Å². The molecule has 0 aliphatic heterocycles. The van der Waals surface area contributed by atoms with E-state index in [-0.39, 0.29) is 23.8 Å². The fraction of sp³-hybridized carbons (Fsp3) is 0.133. The number of carbonyl (C=O) groups is 1. The number of nitrogens with one attached hydrogen (secondary N) is 2. The van der Waals surface area contributed by atoms with E-state index in [1.807, 2.05) is 0 Å². The molecule has 2 aromatic rings. The fourth-order valence-electron chi connectivity index (χ4n) is 1.81. The van der Waals surface area contributed by atoms with E-state index in [9.17, 15) is 13.2 Å². The Bertz CT molecular complexity index is 810. The number of carbonyl (C=O) groups excluding carboxylic acids is 1. The van der Waals surface area contributed by atoms with Gasteiger partial charge >= 0.3 is 0 Å². The zero-order chi connectivity index (χ0) is 16.9. The highest BCUT2D eigenvalue weighted by Gasteiger charge is 2.14. The highest BCUT2D eigenvalue weighted by atomic mass is 35.5. The highest BCUT2D eigenvalue weighted by molar-refractivity contribution is 7.89. The lowest BCUT2D eigenvalue weighted by atomic mass is 10.3. The van der Waals surface area contributed by atoms with Crippen LogP contribution >= 0.6 is 23.2 Å². The molecule has 0 spiro atoms. The van der Waals surface area contributed by atoms with E-state index in [0.717, 1.165) is 0 Å². The van der Waals surface area contributed by atoms with Crippen molar-refractivity contribution in [2.24, 2.45) is 0 Å². The van der Waals surface area contributed by atoms with E-state index in [4.69, 9.17) is 23.2 Å². The van der Waals surface area contributed by atoms with Crippen LogP contribution in [0.1, 0.15) is 6.42 Å². The van der Waals surface area contributed by atoms with Gasteiger partial charge in [-0.25, -0.2) is 13.1 Å². The minimum atomic E-state index is -3.69. The molecule has 0 heterocycles. The van der Waals surface area contributed by atoms with Crippen LogP contribution < -0.4 is 10.0 Å². The molecule has 2 rings (SSSR count). The molecule has 23 heavy (non-hydrogen) atoms. The van der Waals surface area contributed by atoms with Crippen LogP contribution in [0.4, 0.5) is 5.69 Å². The second kappa shape index (κ2) is 7.79. The van der Waals surface area contributed by atoms with Crippen molar-refractivity contribution >= 4 is 44.8 Å². The average molecular weight is 373 g/mol. The number of benzene rings is 2. The maximum absolute atomic E-state index is 12.0. The summed E-state index contributed by atoms with van der Waals surface area (Å²) in [5.74, 6) is -0.318. The zero-order valence-electron chi connectivity index (χ0n) is 11.9. The van der Waals surface area contributed by atoms with Crippen LogP contribution in [-0.4, -0.2) is 20.9 Å². The van der Waals surface area contributed by atoms with E-state index in [1.165, 1.54) is 12.1 Å². The van der Waals surface area contributed by atoms with Gasteiger partial charge < -0.3 is 5.32 Å². The molecule has 5 nitrogen and oxygen atoms in total. The van der Waals surface area contributed by atoms with Gasteiger partial charge in [-0.1, -0.05) is 35.3 Å². The van der Waals surface area contributed by atoms with Crippen LogP contribution in [0.15, 0.2) is 53.4 Å². The summed E-state index contributed by atoms with van der Waals surface area (Å²) in [6.45, 7) is -0.0265. The Labute approximate surface area is 144 Å². The average Bonchev–Trinajstić information content (AvgIpc) is 2.47. The first-order valence-electron chi connectivity index (χ1n) is 6.67. The van der Waals surface area contributed by atoms with Crippen molar-refractivity contribution in [1.82, 2.24) is 4.72 Å². The van der Waals surface area contributed by atoms with Crippen molar-refractivity contribution in [2.45, 2.75) is 11.3 Å². The molecule has 0 radical (unpaired) electrons. The van der Waals surface area contributed by atoms with Crippen molar-refractivity contribution in [3.8, 4) is 0 Å². The van der Waals surface area contributed by atoms with E-state index in [1.54, 1.807) is 36.4 Å². The molecule has 0 fully saturated rings. The third kappa shape index (κ3) is 5.51. The minimum Gasteiger partial charge on any atom is -0.326 e. The number of hydrogen-bond acceptors (Lipinski definition) is 3. The lowest BCUT2D eigenvalue weighted by Gasteiger charge is -2.08. The van der Waals surface area contributed by atoms with Gasteiger partial charge in [0.1, 0.15) is 0 Å². The van der Waals surface area contributed by atoms with Crippen LogP contribution in [0.5, 0.6) is 0 Å². The van der Waals surface area contributed by atoms with Gasteiger partial charge in [-0.15, -0.1) is 0 Å². The molecular weight excluding hydrogens is 359 g/mol. The predicted molar refractivity (Wildman–Crippen MR) is 91.3 cm³/mol. The van der Waals surface area contributed by atoms with E-state index < -0.39 is 10.0 Å². The van der Waals surface area contributed by atoms with Gasteiger partial charge in [-0.3, -0.25) is 4.79 Å². The summed E-state index contributed by atoms with van der Waals surface area (Å²) in [7, 11) is -3.69. The molecule has 8 heteroatoms. The van der Waals surface area contributed by atoms with Crippen LogP contribution in [0, 0.1) is 0 Å². The monoisotopic (exact) mass is 372 g/mol. The molecule has 2 aromatic carbocycles. The largest absolute Gasteiger partial charge is 0.326 e. The molecule has 0 aromatic heterocycles. The van der Waals surface area contributed by atoms with Crippen molar-refractivity contribution in [1.29, 1.82) is 0 Å². The van der Waals surface area contributed by atoms with Gasteiger partial charge in [0.25, 0.3) is 0 Å². The van der Waals surface area contributed by atoms with Crippen molar-refractivity contribution < 1.29 is 13.2 Å². The van der Waals surface area contributed by atoms with Gasteiger partial charge in [-0.2, -0.15) is 0 Å². The molecule has 0 saturated heterocycles. The molecule has 0 saturated carbocycles. The van der Waals surface area contributed by atoms with Gasteiger partial charge in [0.15, 0.2) is 0 Å². The van der Waals surface area contributed by atoms with Crippen molar-refractivity contribution in [3.63, 3.8) is 0 Å². The normalized spacial score (nSPS) is 11.2. The number of sulfonamides is 1. The molecule has 0 aliphatic rings. The molecule has 0 unspecified atom stereocenters. The highest BCUT2D eigenvalue weighted by Crippen LogP contribution is 2.16. The first-order chi connectivity index (χ1) is 10.9. The van der Waals surface area contributed by atoms with Gasteiger partial charge in [-0.05, 0) is 36.4 Å². The Morgan fingerprint density at radius 1 is 1.00 bits per heavy atom. The van der Waals surface area contributed by atoms with Gasteiger partial charge in [0, 0.05) is 28.7 Å². The van der Waals surface area contributed by atoms with Crippen molar-refractivity contribution in [3.05, 3.63) is 58.6 Å². The molecule has 2 N–H and O–H groups in total. The summed E-state index contributed by atoms with van der Waals surface area (Å²) in [5.41, 5.74) is 0.556. The maximum atomic E-state index is 12.0. The summed E-state index contributed by atoms with van der Waals surface area (Å²) >= 11 is 11.6. The number of hydrogen-bond donors (Lipinski definition) is 2. The molecule has 0 atom stereocenters. The Morgan fingerprint density at radius 3 is 2.30 bits per heavy atom. The Morgan fingerprint density at radius 2 is 1.65 bits per heavy atom. The van der Waals surface area contributed by atoms with Crippen molar-refractivity contribution in [2.75, 3.05) is 11.9 Å². The second-order valence-corrected chi connectivity index (χ2v) is 7.30. The summed E-state index contributed by atoms with van der Waals surface area (Å²) in [5, 5.41) is 3.47. The lowest BCUT2D eigenvalue weighted by Crippen LogP contribution is -2.27. The number of amides is 1.